The molecule has 3 aliphatic rings. The molecule has 3 aromatic heterocycles. The molecule has 0 saturated carbocycles. The average Bonchev–Trinajstić information content (AvgIpc) is 3.52. The summed E-state index contributed by atoms with van der Waals surface area (Å²) in [6.07, 6.45) is -3.46. The highest BCUT2D eigenvalue weighted by Crippen LogP contribution is 2.47. The Morgan fingerprint density at radius 1 is 1.14 bits per heavy atom. The molecule has 0 spiro atoms. The van der Waals surface area contributed by atoms with Crippen LogP contribution in [0.25, 0.3) is 22.2 Å². The highest BCUT2D eigenvalue weighted by atomic mass is 19.4. The monoisotopic (exact) mass is 688 g/mol. The van der Waals surface area contributed by atoms with Crippen LogP contribution in [-0.2, 0) is 6.18 Å². The second-order valence-electron chi connectivity index (χ2n) is 13.1. The van der Waals surface area contributed by atoms with E-state index in [1.807, 2.05) is 11.8 Å². The lowest BCUT2D eigenvalue weighted by Crippen LogP contribution is -2.43. The van der Waals surface area contributed by atoms with E-state index in [0.717, 1.165) is 13.3 Å². The minimum absolute atomic E-state index is 0.00864. The molecule has 10 nitrogen and oxygen atoms in total. The zero-order valence-electron chi connectivity index (χ0n) is 26.9. The van der Waals surface area contributed by atoms with Crippen molar-refractivity contribution in [3.05, 3.63) is 52.7 Å². The quantitative estimate of drug-likeness (QED) is 0.180. The number of anilines is 3. The number of nitrogens with zero attached hydrogens (tertiary/aromatic N) is 6. The summed E-state index contributed by atoms with van der Waals surface area (Å²) in [4.78, 5) is 21.3. The zero-order chi connectivity index (χ0) is 35.0. The Morgan fingerprint density at radius 2 is 1.92 bits per heavy atom. The molecule has 2 fully saturated rings. The summed E-state index contributed by atoms with van der Waals surface area (Å²) in [7, 11) is 0. The molecule has 0 bridgehead atoms. The number of hydrogen-bond donors (Lipinski definition) is 2. The fourth-order valence-electron chi connectivity index (χ4n) is 7.54. The van der Waals surface area contributed by atoms with Gasteiger partial charge < -0.3 is 25.8 Å². The van der Waals surface area contributed by atoms with Crippen LogP contribution >= 0.6 is 0 Å². The summed E-state index contributed by atoms with van der Waals surface area (Å²) >= 11 is 0. The lowest BCUT2D eigenvalue weighted by molar-refractivity contribution is -0.137. The fraction of sp³-hybridized carbons (Fsp3) is 0.455. The van der Waals surface area contributed by atoms with Crippen molar-refractivity contribution in [1.29, 1.82) is 0 Å². The van der Waals surface area contributed by atoms with E-state index in [1.165, 1.54) is 0 Å². The van der Waals surface area contributed by atoms with Gasteiger partial charge >= 0.3 is 12.2 Å². The van der Waals surface area contributed by atoms with Crippen molar-refractivity contribution in [2.24, 2.45) is 0 Å². The number of halogens is 6. The third kappa shape index (κ3) is 5.49. The Morgan fingerprint density at radius 3 is 2.65 bits per heavy atom. The maximum Gasteiger partial charge on any atom is 0.417 e. The van der Waals surface area contributed by atoms with E-state index >= 15 is 4.39 Å². The van der Waals surface area contributed by atoms with Crippen LogP contribution in [0.5, 0.6) is 11.9 Å². The number of fused-ring (bicyclic) bond motifs is 1. The highest BCUT2D eigenvalue weighted by Gasteiger charge is 2.49. The molecule has 0 aliphatic carbocycles. The maximum atomic E-state index is 16.9. The average molecular weight is 689 g/mol. The summed E-state index contributed by atoms with van der Waals surface area (Å²) < 4.78 is 102. The number of benzene rings is 1. The Balaban J connectivity index is 1.45. The van der Waals surface area contributed by atoms with Gasteiger partial charge in [0.1, 0.15) is 52.9 Å². The van der Waals surface area contributed by atoms with Crippen LogP contribution in [0, 0.1) is 18.6 Å². The lowest BCUT2D eigenvalue weighted by Gasteiger charge is -2.32. The maximum absolute atomic E-state index is 16.9. The highest BCUT2D eigenvalue weighted by molar-refractivity contribution is 5.97. The van der Waals surface area contributed by atoms with E-state index in [0.29, 0.717) is 24.6 Å². The van der Waals surface area contributed by atoms with Crippen LogP contribution in [0.3, 0.4) is 0 Å². The van der Waals surface area contributed by atoms with Gasteiger partial charge in [0.2, 0.25) is 5.88 Å². The molecule has 0 unspecified atom stereocenters. The number of ether oxygens (including phenoxy) is 2. The SMILES string of the molecule is Cc1c(F)c(N)cc(-c2nc3c4c(nc(OC[C@@]56CCCN5C[C@H](F)C6)nc4c2F)N([C@@H](C)c2cccnc2N)C[C@H](C)O3)c1C(F)(F)F. The summed E-state index contributed by atoms with van der Waals surface area (Å²) in [6, 6.07) is 3.41. The molecule has 1 aromatic carbocycles. The number of rotatable bonds is 6. The molecule has 4 N–H and O–H groups in total. The summed E-state index contributed by atoms with van der Waals surface area (Å²) in [5.74, 6) is -2.38. The molecule has 4 atom stereocenters. The normalized spacial score (nSPS) is 23.0. The van der Waals surface area contributed by atoms with Gasteiger partial charge in [-0.25, -0.2) is 23.1 Å². The van der Waals surface area contributed by atoms with Gasteiger partial charge in [-0.1, -0.05) is 6.07 Å². The molecule has 0 radical (unpaired) electrons. The Hall–Kier alpha value is -4.60. The fourth-order valence-corrected chi connectivity index (χ4v) is 7.54. The lowest BCUT2D eigenvalue weighted by atomic mass is 9.95. The first-order chi connectivity index (χ1) is 23.2. The van der Waals surface area contributed by atoms with E-state index in [4.69, 9.17) is 25.9 Å². The van der Waals surface area contributed by atoms with E-state index in [9.17, 15) is 22.0 Å². The van der Waals surface area contributed by atoms with Crippen molar-refractivity contribution in [3.63, 3.8) is 0 Å². The first-order valence-electron chi connectivity index (χ1n) is 15.9. The van der Waals surface area contributed by atoms with E-state index < -0.39 is 75.3 Å². The second kappa shape index (κ2) is 11.8. The van der Waals surface area contributed by atoms with Gasteiger partial charge in [-0.3, -0.25) is 4.90 Å². The number of pyridine rings is 2. The third-order valence-electron chi connectivity index (χ3n) is 9.84. The Bertz CT molecular complexity index is 1960. The predicted molar refractivity (Wildman–Crippen MR) is 170 cm³/mol. The molecule has 4 aromatic rings. The molecule has 3 aliphatic heterocycles. The van der Waals surface area contributed by atoms with Crippen molar-refractivity contribution in [1.82, 2.24) is 24.8 Å². The summed E-state index contributed by atoms with van der Waals surface area (Å²) in [5, 5.41) is -0.0158. The minimum Gasteiger partial charge on any atom is -0.472 e. The van der Waals surface area contributed by atoms with Gasteiger partial charge in [-0.2, -0.15) is 23.1 Å². The van der Waals surface area contributed by atoms with Gasteiger partial charge in [-0.15, -0.1) is 0 Å². The number of aromatic nitrogens is 4. The number of nitrogen functional groups attached to an aromatic ring is 2. The topological polar surface area (TPSA) is 129 Å². The van der Waals surface area contributed by atoms with Crippen molar-refractivity contribution in [2.45, 2.75) is 70.1 Å². The largest absolute Gasteiger partial charge is 0.472 e. The van der Waals surface area contributed by atoms with E-state index in [2.05, 4.69) is 15.0 Å². The second-order valence-corrected chi connectivity index (χ2v) is 13.1. The van der Waals surface area contributed by atoms with Crippen LogP contribution in [0.1, 0.15) is 55.8 Å². The van der Waals surface area contributed by atoms with Crippen LogP contribution in [0.15, 0.2) is 24.4 Å². The summed E-state index contributed by atoms with van der Waals surface area (Å²) in [5.41, 5.74) is 7.15. The zero-order valence-corrected chi connectivity index (χ0v) is 26.9. The molecular formula is C33H34F6N8O2. The van der Waals surface area contributed by atoms with Crippen LogP contribution in [0.4, 0.5) is 43.7 Å². The first-order valence-corrected chi connectivity index (χ1v) is 15.9. The number of nitrogens with two attached hydrogens (primary N) is 2. The van der Waals surface area contributed by atoms with Crippen LogP contribution in [-0.4, -0.2) is 68.9 Å². The molecule has 260 valence electrons. The molecule has 49 heavy (non-hydrogen) atoms. The van der Waals surface area contributed by atoms with E-state index in [1.54, 1.807) is 30.2 Å². The van der Waals surface area contributed by atoms with Gasteiger partial charge in [-0.05, 0) is 57.9 Å². The molecule has 2 saturated heterocycles. The smallest absolute Gasteiger partial charge is 0.417 e. The van der Waals surface area contributed by atoms with Crippen molar-refractivity contribution >= 4 is 28.2 Å². The van der Waals surface area contributed by atoms with Crippen LogP contribution in [0.2, 0.25) is 0 Å². The first kappa shape index (κ1) is 32.9. The van der Waals surface area contributed by atoms with Crippen LogP contribution < -0.4 is 25.8 Å². The van der Waals surface area contributed by atoms with Crippen molar-refractivity contribution in [3.8, 4) is 23.1 Å². The predicted octanol–water partition coefficient (Wildman–Crippen LogP) is 6.16. The Kier molecular flexibility index (Phi) is 7.91. The van der Waals surface area contributed by atoms with Gasteiger partial charge in [0.25, 0.3) is 0 Å². The molecule has 0 amide bonds. The minimum atomic E-state index is -5.09. The van der Waals surface area contributed by atoms with Crippen molar-refractivity contribution < 1.29 is 35.8 Å². The standard InChI is InChI=1S/C33H34F6N8O2/c1-15-12-47(17(3)19-6-4-8-42-28(19)41)29-22-27(44-31(45-29)48-14-32-7-5-9-46(32)13-18(34)11-32)25(36)26(43-30(22)49-15)20-10-21(40)24(35)16(2)23(20)33(37,38)39/h4,6,8,10,15,17-18H,5,7,9,11-14,40H2,1-3H3,(H2,41,42)/t15-,17-,18+,32-/m0/s1. The molecule has 7 rings (SSSR count). The summed E-state index contributed by atoms with van der Waals surface area (Å²) in [6.45, 7) is 5.61. The molecule has 16 heteroatoms. The third-order valence-corrected chi connectivity index (χ3v) is 9.84. The Labute approximate surface area is 277 Å². The number of alkyl halides is 4. The van der Waals surface area contributed by atoms with Gasteiger partial charge in [0.05, 0.1) is 29.4 Å². The molecular weight excluding hydrogens is 654 g/mol. The van der Waals surface area contributed by atoms with Gasteiger partial charge in [0, 0.05) is 30.3 Å². The van der Waals surface area contributed by atoms with Crippen molar-refractivity contribution in [2.75, 3.05) is 42.6 Å². The molecule has 6 heterocycles. The van der Waals surface area contributed by atoms with Gasteiger partial charge in [0.15, 0.2) is 5.82 Å². The van der Waals surface area contributed by atoms with E-state index in [-0.39, 0.29) is 55.0 Å². The number of hydrogen-bond acceptors (Lipinski definition) is 10.